The first kappa shape index (κ1) is 23.8. The molecule has 0 fully saturated rings. The normalized spacial score (nSPS) is 10.7. The number of anilines is 2. The van der Waals surface area contributed by atoms with Crippen molar-refractivity contribution in [3.05, 3.63) is 98.4 Å². The summed E-state index contributed by atoms with van der Waals surface area (Å²) < 4.78 is 16.7. The summed E-state index contributed by atoms with van der Waals surface area (Å²) in [7, 11) is 0. The van der Waals surface area contributed by atoms with Crippen LogP contribution < -0.4 is 21.9 Å². The van der Waals surface area contributed by atoms with Gasteiger partial charge in [-0.1, -0.05) is 30.3 Å². The molecule has 2 amide bonds. The maximum Gasteiger partial charge on any atom is 0.331 e. The Kier molecular flexibility index (Phi) is 6.97. The zero-order chi connectivity index (χ0) is 24.9. The quantitative estimate of drug-likeness (QED) is 0.411. The van der Waals surface area contributed by atoms with E-state index in [-0.39, 0.29) is 23.1 Å². The van der Waals surface area contributed by atoms with Crippen LogP contribution >= 0.6 is 11.3 Å². The lowest BCUT2D eigenvalue weighted by molar-refractivity contribution is -0.117. The van der Waals surface area contributed by atoms with Crippen molar-refractivity contribution in [3.8, 4) is 11.3 Å². The molecular weight excluding hydrogens is 473 g/mol. The van der Waals surface area contributed by atoms with Gasteiger partial charge in [0.1, 0.15) is 12.4 Å². The Bertz CT molecular complexity index is 1510. The van der Waals surface area contributed by atoms with Crippen LogP contribution in [0.1, 0.15) is 12.5 Å². The van der Waals surface area contributed by atoms with Crippen molar-refractivity contribution in [2.24, 2.45) is 0 Å². The van der Waals surface area contributed by atoms with Gasteiger partial charge in [0.25, 0.3) is 5.56 Å². The third-order valence-electron chi connectivity index (χ3n) is 4.95. The number of thiazole rings is 1. The average Bonchev–Trinajstić information content (AvgIpc) is 3.27. The fourth-order valence-corrected chi connectivity index (χ4v) is 4.09. The largest absolute Gasteiger partial charge is 0.331 e. The summed E-state index contributed by atoms with van der Waals surface area (Å²) in [4.78, 5) is 52.9. The summed E-state index contributed by atoms with van der Waals surface area (Å²) in [5.41, 5.74) is 0.456. The number of nitrogens with one attached hydrogen (secondary N) is 2. The molecule has 0 bridgehead atoms. The summed E-state index contributed by atoms with van der Waals surface area (Å²) in [6.45, 7) is 1.08. The molecule has 9 nitrogen and oxygen atoms in total. The molecule has 0 saturated carbocycles. The number of hydrogen-bond acceptors (Lipinski definition) is 6. The Balaban J connectivity index is 1.47. The molecule has 0 spiro atoms. The summed E-state index contributed by atoms with van der Waals surface area (Å²) in [6.07, 6.45) is 1.39. The lowest BCUT2D eigenvalue weighted by Gasteiger charge is -2.10. The highest BCUT2D eigenvalue weighted by atomic mass is 32.1. The zero-order valence-corrected chi connectivity index (χ0v) is 19.3. The Hall–Kier alpha value is -4.38. The minimum absolute atomic E-state index is 0.184. The van der Waals surface area contributed by atoms with Crippen molar-refractivity contribution in [1.82, 2.24) is 14.1 Å². The number of carbonyl (C=O) groups is 2. The second-order valence-electron chi connectivity index (χ2n) is 7.60. The molecule has 0 aliphatic rings. The van der Waals surface area contributed by atoms with Gasteiger partial charge in [0.05, 0.1) is 12.2 Å². The smallest absolute Gasteiger partial charge is 0.326 e. The Morgan fingerprint density at radius 3 is 2.54 bits per heavy atom. The van der Waals surface area contributed by atoms with Crippen LogP contribution in [0.2, 0.25) is 0 Å². The zero-order valence-electron chi connectivity index (χ0n) is 18.5. The van der Waals surface area contributed by atoms with Crippen molar-refractivity contribution in [3.63, 3.8) is 0 Å². The highest BCUT2D eigenvalue weighted by Crippen LogP contribution is 2.28. The molecule has 2 heterocycles. The van der Waals surface area contributed by atoms with E-state index in [0.29, 0.717) is 11.4 Å². The molecule has 4 aromatic rings. The summed E-state index contributed by atoms with van der Waals surface area (Å²) in [6, 6.07) is 14.7. The molecule has 178 valence electrons. The number of rotatable bonds is 7. The van der Waals surface area contributed by atoms with Crippen LogP contribution in [0.3, 0.4) is 0 Å². The molecule has 2 aromatic carbocycles. The molecule has 11 heteroatoms. The van der Waals surface area contributed by atoms with Gasteiger partial charge in [0, 0.05) is 35.8 Å². The summed E-state index contributed by atoms with van der Waals surface area (Å²) >= 11 is 1.07. The first-order chi connectivity index (χ1) is 16.8. The van der Waals surface area contributed by atoms with Gasteiger partial charge in [-0.05, 0) is 23.8 Å². The van der Waals surface area contributed by atoms with Crippen LogP contribution in [0.15, 0.2) is 75.8 Å². The van der Waals surface area contributed by atoms with Gasteiger partial charge < -0.3 is 10.6 Å². The second-order valence-corrected chi connectivity index (χ2v) is 8.46. The van der Waals surface area contributed by atoms with Gasteiger partial charge >= 0.3 is 5.69 Å². The van der Waals surface area contributed by atoms with E-state index >= 15 is 0 Å². The van der Waals surface area contributed by atoms with E-state index in [1.54, 1.807) is 11.4 Å². The minimum atomic E-state index is -0.621. The van der Waals surface area contributed by atoms with E-state index < -0.39 is 29.5 Å². The first-order valence-electron chi connectivity index (χ1n) is 10.5. The van der Waals surface area contributed by atoms with Crippen LogP contribution in [0.5, 0.6) is 0 Å². The molecule has 2 N–H and O–H groups in total. The number of nitrogens with zero attached hydrogens (tertiary/aromatic N) is 3. The molecule has 0 aliphatic carbocycles. The monoisotopic (exact) mass is 493 g/mol. The summed E-state index contributed by atoms with van der Waals surface area (Å²) in [5, 5.41) is 6.79. The molecule has 0 atom stereocenters. The second kappa shape index (κ2) is 10.3. The van der Waals surface area contributed by atoms with E-state index in [9.17, 15) is 23.6 Å². The van der Waals surface area contributed by atoms with E-state index in [1.807, 2.05) is 30.3 Å². The highest BCUT2D eigenvalue weighted by Gasteiger charge is 2.14. The van der Waals surface area contributed by atoms with Gasteiger partial charge in [0.2, 0.25) is 11.8 Å². The number of amides is 2. The van der Waals surface area contributed by atoms with E-state index in [1.165, 1.54) is 35.9 Å². The molecule has 0 aliphatic heterocycles. The lowest BCUT2D eigenvalue weighted by atomic mass is 10.1. The van der Waals surface area contributed by atoms with Gasteiger partial charge in [-0.2, -0.15) is 0 Å². The predicted octanol–water partition coefficient (Wildman–Crippen LogP) is 2.92. The molecular formula is C24H20FN5O4S. The van der Waals surface area contributed by atoms with Crippen LogP contribution in [0.4, 0.5) is 15.2 Å². The number of benzene rings is 2. The SMILES string of the molecule is CC(=O)Nc1ccc(-c2csc(NC(=O)Cn3c(=O)ccn(Cc4ccccc4)c3=O)n2)c(F)c1. The molecule has 2 aromatic heterocycles. The Labute approximate surface area is 202 Å². The molecule has 0 saturated heterocycles. The van der Waals surface area contributed by atoms with Crippen molar-refractivity contribution < 1.29 is 14.0 Å². The van der Waals surface area contributed by atoms with Crippen LogP contribution in [0, 0.1) is 5.82 Å². The van der Waals surface area contributed by atoms with Crippen LogP contribution in [-0.4, -0.2) is 25.9 Å². The molecule has 4 rings (SSSR count). The fourth-order valence-electron chi connectivity index (χ4n) is 3.36. The van der Waals surface area contributed by atoms with Gasteiger partial charge in [-0.15, -0.1) is 11.3 Å². The van der Waals surface area contributed by atoms with E-state index in [4.69, 9.17) is 0 Å². The van der Waals surface area contributed by atoms with Gasteiger partial charge in [0.15, 0.2) is 5.13 Å². The fraction of sp³-hybridized carbons (Fsp3) is 0.125. The number of hydrogen-bond donors (Lipinski definition) is 2. The highest BCUT2D eigenvalue weighted by molar-refractivity contribution is 7.14. The lowest BCUT2D eigenvalue weighted by Crippen LogP contribution is -2.41. The first-order valence-corrected chi connectivity index (χ1v) is 11.4. The third kappa shape index (κ3) is 5.76. The third-order valence-corrected chi connectivity index (χ3v) is 5.71. The predicted molar refractivity (Wildman–Crippen MR) is 131 cm³/mol. The topological polar surface area (TPSA) is 115 Å². The molecule has 0 radical (unpaired) electrons. The Morgan fingerprint density at radius 2 is 1.83 bits per heavy atom. The van der Waals surface area contributed by atoms with Crippen LogP contribution in [-0.2, 0) is 22.7 Å². The maximum absolute atomic E-state index is 14.5. The summed E-state index contributed by atoms with van der Waals surface area (Å²) in [5.74, 6) is -1.53. The standard InChI is InChI=1S/C24H20FN5O4S/c1-15(31)26-17-7-8-18(19(25)11-17)20-14-35-23(27-20)28-21(32)13-30-22(33)9-10-29(24(30)34)12-16-5-3-2-4-6-16/h2-11,14H,12-13H2,1H3,(H,26,31)(H,27,28,32). The van der Waals surface area contributed by atoms with Crippen LogP contribution in [0.25, 0.3) is 11.3 Å². The van der Waals surface area contributed by atoms with Gasteiger partial charge in [-0.25, -0.2) is 14.2 Å². The molecule has 35 heavy (non-hydrogen) atoms. The van der Waals surface area contributed by atoms with Crippen molar-refractivity contribution in [1.29, 1.82) is 0 Å². The van der Waals surface area contributed by atoms with Crippen molar-refractivity contribution in [2.75, 3.05) is 10.6 Å². The maximum atomic E-state index is 14.5. The van der Waals surface area contributed by atoms with Crippen molar-refractivity contribution >= 4 is 34.0 Å². The number of halogens is 1. The molecule has 0 unspecified atom stereocenters. The number of aromatic nitrogens is 3. The van der Waals surface area contributed by atoms with E-state index in [0.717, 1.165) is 21.5 Å². The van der Waals surface area contributed by atoms with E-state index in [2.05, 4.69) is 15.6 Å². The Morgan fingerprint density at radius 1 is 1.06 bits per heavy atom. The van der Waals surface area contributed by atoms with Crippen molar-refractivity contribution in [2.45, 2.75) is 20.0 Å². The minimum Gasteiger partial charge on any atom is -0.326 e. The average molecular weight is 494 g/mol. The van der Waals surface area contributed by atoms with Gasteiger partial charge in [-0.3, -0.25) is 23.5 Å². The number of carbonyl (C=O) groups excluding carboxylic acids is 2.